The maximum Gasteiger partial charge on any atom is 0.182 e. The van der Waals surface area contributed by atoms with Gasteiger partial charge < -0.3 is 5.32 Å². The van der Waals surface area contributed by atoms with E-state index in [0.717, 1.165) is 31.4 Å². The van der Waals surface area contributed by atoms with E-state index in [1.807, 2.05) is 19.1 Å². The zero-order valence-corrected chi connectivity index (χ0v) is 10.8. The molecule has 1 aliphatic heterocycles. The second kappa shape index (κ2) is 5.01. The standard InChI is InChI=1S/C15H21NO/c1-3-12-6-8-13(9-7-12)14(17)15(2)10-4-5-11-16-15/h6-9,16H,3-5,10-11H2,1-2H3. The van der Waals surface area contributed by atoms with Crippen LogP contribution in [0.3, 0.4) is 0 Å². The Morgan fingerprint density at radius 2 is 2.00 bits per heavy atom. The van der Waals surface area contributed by atoms with Crippen LogP contribution >= 0.6 is 0 Å². The Hall–Kier alpha value is -1.15. The highest BCUT2D eigenvalue weighted by atomic mass is 16.1. The molecule has 1 saturated heterocycles. The molecule has 1 aliphatic rings. The van der Waals surface area contributed by atoms with Crippen LogP contribution in [-0.2, 0) is 6.42 Å². The van der Waals surface area contributed by atoms with Gasteiger partial charge in [-0.2, -0.15) is 0 Å². The van der Waals surface area contributed by atoms with E-state index >= 15 is 0 Å². The van der Waals surface area contributed by atoms with E-state index in [1.165, 1.54) is 12.0 Å². The van der Waals surface area contributed by atoms with Gasteiger partial charge in [0.05, 0.1) is 5.54 Å². The van der Waals surface area contributed by atoms with Gasteiger partial charge in [-0.3, -0.25) is 4.79 Å². The number of carbonyl (C=O) groups is 1. The van der Waals surface area contributed by atoms with Gasteiger partial charge in [0.1, 0.15) is 0 Å². The number of piperidine rings is 1. The number of nitrogens with one attached hydrogen (secondary N) is 1. The van der Waals surface area contributed by atoms with Gasteiger partial charge in [0.25, 0.3) is 0 Å². The molecule has 17 heavy (non-hydrogen) atoms. The van der Waals surface area contributed by atoms with Crippen molar-refractivity contribution in [2.75, 3.05) is 6.54 Å². The topological polar surface area (TPSA) is 29.1 Å². The molecule has 0 bridgehead atoms. The van der Waals surface area contributed by atoms with Gasteiger partial charge in [-0.25, -0.2) is 0 Å². The van der Waals surface area contributed by atoms with Crippen molar-refractivity contribution in [1.82, 2.24) is 5.32 Å². The highest BCUT2D eigenvalue weighted by molar-refractivity contribution is 6.03. The molecule has 1 N–H and O–H groups in total. The van der Waals surface area contributed by atoms with Gasteiger partial charge in [0.2, 0.25) is 0 Å². The fourth-order valence-electron chi connectivity index (χ4n) is 2.46. The molecule has 2 rings (SSSR count). The lowest BCUT2D eigenvalue weighted by molar-refractivity contribution is 0.0835. The first-order valence-corrected chi connectivity index (χ1v) is 6.54. The van der Waals surface area contributed by atoms with Crippen molar-refractivity contribution in [2.24, 2.45) is 0 Å². The maximum atomic E-state index is 12.5. The van der Waals surface area contributed by atoms with Crippen LogP contribution in [0.2, 0.25) is 0 Å². The Labute approximate surface area is 103 Å². The molecule has 0 amide bonds. The summed E-state index contributed by atoms with van der Waals surface area (Å²) in [7, 11) is 0. The van der Waals surface area contributed by atoms with Gasteiger partial charge in [0.15, 0.2) is 5.78 Å². The highest BCUT2D eigenvalue weighted by Crippen LogP contribution is 2.23. The summed E-state index contributed by atoms with van der Waals surface area (Å²) in [5, 5.41) is 3.37. The largest absolute Gasteiger partial charge is 0.305 e. The monoisotopic (exact) mass is 231 g/mol. The van der Waals surface area contributed by atoms with Crippen LogP contribution in [0.25, 0.3) is 0 Å². The number of benzene rings is 1. The van der Waals surface area contributed by atoms with Crippen LogP contribution in [0.1, 0.15) is 49.0 Å². The lowest BCUT2D eigenvalue weighted by Crippen LogP contribution is -2.52. The van der Waals surface area contributed by atoms with E-state index in [0.29, 0.717) is 0 Å². The Balaban J connectivity index is 2.17. The Morgan fingerprint density at radius 3 is 2.53 bits per heavy atom. The van der Waals surface area contributed by atoms with Crippen molar-refractivity contribution in [2.45, 2.75) is 45.1 Å². The number of hydrogen-bond acceptors (Lipinski definition) is 2. The molecular weight excluding hydrogens is 210 g/mol. The average molecular weight is 231 g/mol. The van der Waals surface area contributed by atoms with Crippen LogP contribution in [0.5, 0.6) is 0 Å². The van der Waals surface area contributed by atoms with Gasteiger partial charge in [0, 0.05) is 5.56 Å². The van der Waals surface area contributed by atoms with Crippen molar-refractivity contribution < 1.29 is 4.79 Å². The molecule has 0 saturated carbocycles. The lowest BCUT2D eigenvalue weighted by Gasteiger charge is -2.33. The van der Waals surface area contributed by atoms with Crippen LogP contribution in [0.4, 0.5) is 0 Å². The summed E-state index contributed by atoms with van der Waals surface area (Å²) in [5.74, 6) is 0.236. The molecule has 1 aromatic carbocycles. The fraction of sp³-hybridized carbons (Fsp3) is 0.533. The minimum Gasteiger partial charge on any atom is -0.305 e. The second-order valence-electron chi connectivity index (χ2n) is 5.10. The van der Waals surface area contributed by atoms with E-state index < -0.39 is 0 Å². The van der Waals surface area contributed by atoms with Crippen molar-refractivity contribution in [3.05, 3.63) is 35.4 Å². The summed E-state index contributed by atoms with van der Waals surface area (Å²) < 4.78 is 0. The molecule has 1 fully saturated rings. The normalized spacial score (nSPS) is 24.6. The van der Waals surface area contributed by atoms with Crippen molar-refractivity contribution in [3.8, 4) is 0 Å². The van der Waals surface area contributed by atoms with E-state index in [2.05, 4.69) is 24.4 Å². The molecule has 1 atom stereocenters. The van der Waals surface area contributed by atoms with Crippen molar-refractivity contribution >= 4 is 5.78 Å². The van der Waals surface area contributed by atoms with Crippen molar-refractivity contribution in [3.63, 3.8) is 0 Å². The van der Waals surface area contributed by atoms with E-state index in [9.17, 15) is 4.79 Å². The number of carbonyl (C=O) groups excluding carboxylic acids is 1. The van der Waals surface area contributed by atoms with E-state index in [-0.39, 0.29) is 11.3 Å². The van der Waals surface area contributed by atoms with Gasteiger partial charge in [-0.15, -0.1) is 0 Å². The van der Waals surface area contributed by atoms with Gasteiger partial charge in [-0.05, 0) is 44.7 Å². The number of aryl methyl sites for hydroxylation is 1. The Bertz CT molecular complexity index is 388. The summed E-state index contributed by atoms with van der Waals surface area (Å²) in [6.07, 6.45) is 4.28. The summed E-state index contributed by atoms with van der Waals surface area (Å²) in [6.45, 7) is 5.11. The molecule has 1 unspecified atom stereocenters. The summed E-state index contributed by atoms with van der Waals surface area (Å²) in [4.78, 5) is 12.5. The van der Waals surface area contributed by atoms with Crippen LogP contribution < -0.4 is 5.32 Å². The van der Waals surface area contributed by atoms with Gasteiger partial charge >= 0.3 is 0 Å². The SMILES string of the molecule is CCc1ccc(C(=O)C2(C)CCCCN2)cc1. The first-order valence-electron chi connectivity index (χ1n) is 6.54. The molecule has 0 radical (unpaired) electrons. The number of hydrogen-bond donors (Lipinski definition) is 1. The molecular formula is C15H21NO. The molecule has 92 valence electrons. The van der Waals surface area contributed by atoms with Crippen LogP contribution in [0, 0.1) is 0 Å². The minimum atomic E-state index is -0.355. The van der Waals surface area contributed by atoms with E-state index in [1.54, 1.807) is 0 Å². The average Bonchev–Trinajstić information content (AvgIpc) is 2.39. The molecule has 2 heteroatoms. The van der Waals surface area contributed by atoms with E-state index in [4.69, 9.17) is 0 Å². The van der Waals surface area contributed by atoms with Gasteiger partial charge in [-0.1, -0.05) is 31.2 Å². The Morgan fingerprint density at radius 1 is 1.29 bits per heavy atom. The summed E-state index contributed by atoms with van der Waals surface area (Å²) in [5.41, 5.74) is 1.76. The molecule has 1 aromatic rings. The number of ketones is 1. The number of Topliss-reactive ketones (excluding diaryl/α,β-unsaturated/α-hetero) is 1. The highest BCUT2D eigenvalue weighted by Gasteiger charge is 2.34. The lowest BCUT2D eigenvalue weighted by atomic mass is 9.83. The summed E-state index contributed by atoms with van der Waals surface area (Å²) >= 11 is 0. The number of rotatable bonds is 3. The fourth-order valence-corrected chi connectivity index (χ4v) is 2.46. The third kappa shape index (κ3) is 2.58. The first kappa shape index (κ1) is 12.3. The van der Waals surface area contributed by atoms with Crippen LogP contribution in [-0.4, -0.2) is 17.9 Å². The predicted molar refractivity (Wildman–Crippen MR) is 70.4 cm³/mol. The third-order valence-corrected chi connectivity index (χ3v) is 3.74. The molecule has 0 aliphatic carbocycles. The third-order valence-electron chi connectivity index (χ3n) is 3.74. The quantitative estimate of drug-likeness (QED) is 0.810. The Kier molecular flexibility index (Phi) is 3.63. The predicted octanol–water partition coefficient (Wildman–Crippen LogP) is 2.96. The zero-order valence-electron chi connectivity index (χ0n) is 10.8. The minimum absolute atomic E-state index is 0.236. The first-order chi connectivity index (χ1) is 8.15. The molecule has 0 spiro atoms. The van der Waals surface area contributed by atoms with Crippen LogP contribution in [0.15, 0.2) is 24.3 Å². The molecule has 0 aromatic heterocycles. The molecule has 2 nitrogen and oxygen atoms in total. The maximum absolute atomic E-state index is 12.5. The molecule has 1 heterocycles. The van der Waals surface area contributed by atoms with Crippen molar-refractivity contribution in [1.29, 1.82) is 0 Å². The summed E-state index contributed by atoms with van der Waals surface area (Å²) in [6, 6.07) is 8.03. The zero-order chi connectivity index (χ0) is 12.3. The second-order valence-corrected chi connectivity index (χ2v) is 5.10. The smallest absolute Gasteiger partial charge is 0.182 e.